The topological polar surface area (TPSA) is 35.2 Å². The van der Waals surface area contributed by atoms with Crippen LogP contribution in [0.15, 0.2) is 29.2 Å². The van der Waals surface area contributed by atoms with Crippen LogP contribution in [0.25, 0.3) is 0 Å². The lowest BCUT2D eigenvalue weighted by Crippen LogP contribution is -2.33. The fraction of sp³-hybridized carbons (Fsp3) is 0.600. The van der Waals surface area contributed by atoms with E-state index in [-0.39, 0.29) is 0 Å². The predicted molar refractivity (Wildman–Crippen MR) is 78.3 cm³/mol. The second-order valence-electron chi connectivity index (χ2n) is 5.02. The van der Waals surface area contributed by atoms with Crippen molar-refractivity contribution in [3.63, 3.8) is 0 Å². The molecule has 18 heavy (non-hydrogen) atoms. The number of rotatable bonds is 5. The summed E-state index contributed by atoms with van der Waals surface area (Å²) in [5.74, 6) is 2.67. The van der Waals surface area contributed by atoms with Crippen molar-refractivity contribution in [2.75, 3.05) is 12.9 Å². The lowest BCUT2D eigenvalue weighted by molar-refractivity contribution is 0.319. The SMILES string of the molecule is COc1ccccc1SCC(N)C1CCCCC1. The molecule has 0 aromatic heterocycles. The Morgan fingerprint density at radius 2 is 2.00 bits per heavy atom. The van der Waals surface area contributed by atoms with Gasteiger partial charge in [0.2, 0.25) is 0 Å². The van der Waals surface area contributed by atoms with Gasteiger partial charge in [-0.15, -0.1) is 11.8 Å². The van der Waals surface area contributed by atoms with Gasteiger partial charge in [0.05, 0.1) is 7.11 Å². The van der Waals surface area contributed by atoms with Crippen molar-refractivity contribution in [2.24, 2.45) is 11.7 Å². The molecule has 0 spiro atoms. The molecule has 1 aromatic rings. The van der Waals surface area contributed by atoms with Crippen LogP contribution in [0.1, 0.15) is 32.1 Å². The van der Waals surface area contributed by atoms with E-state index in [0.717, 1.165) is 17.4 Å². The molecule has 0 bridgehead atoms. The molecule has 0 aliphatic heterocycles. The van der Waals surface area contributed by atoms with Crippen LogP contribution in [0.4, 0.5) is 0 Å². The summed E-state index contributed by atoms with van der Waals surface area (Å²) in [5, 5.41) is 0. The molecular weight excluding hydrogens is 242 g/mol. The molecule has 2 rings (SSSR count). The number of para-hydroxylation sites is 1. The van der Waals surface area contributed by atoms with Gasteiger partial charge in [0.1, 0.15) is 5.75 Å². The van der Waals surface area contributed by atoms with E-state index in [2.05, 4.69) is 12.1 Å². The van der Waals surface area contributed by atoms with Gasteiger partial charge in [-0.3, -0.25) is 0 Å². The van der Waals surface area contributed by atoms with Gasteiger partial charge in [-0.2, -0.15) is 0 Å². The number of nitrogens with two attached hydrogens (primary N) is 1. The summed E-state index contributed by atoms with van der Waals surface area (Å²) in [5.41, 5.74) is 6.33. The summed E-state index contributed by atoms with van der Waals surface area (Å²) in [6, 6.07) is 8.49. The van der Waals surface area contributed by atoms with Crippen molar-refractivity contribution in [1.29, 1.82) is 0 Å². The van der Waals surface area contributed by atoms with Crippen molar-refractivity contribution >= 4 is 11.8 Å². The van der Waals surface area contributed by atoms with E-state index < -0.39 is 0 Å². The Labute approximate surface area is 114 Å². The van der Waals surface area contributed by atoms with E-state index in [1.807, 2.05) is 23.9 Å². The Bertz CT molecular complexity index is 363. The zero-order valence-electron chi connectivity index (χ0n) is 11.1. The quantitative estimate of drug-likeness (QED) is 0.825. The molecule has 2 N–H and O–H groups in total. The summed E-state index contributed by atoms with van der Waals surface area (Å²) in [6.45, 7) is 0. The zero-order chi connectivity index (χ0) is 12.8. The van der Waals surface area contributed by atoms with Crippen molar-refractivity contribution in [2.45, 2.75) is 43.0 Å². The number of ether oxygens (including phenoxy) is 1. The van der Waals surface area contributed by atoms with E-state index in [0.29, 0.717) is 6.04 Å². The molecule has 0 amide bonds. The molecule has 1 unspecified atom stereocenters. The average Bonchev–Trinajstić information content (AvgIpc) is 2.46. The van der Waals surface area contributed by atoms with Crippen LogP contribution < -0.4 is 10.5 Å². The first-order valence-corrected chi connectivity index (χ1v) is 7.81. The van der Waals surface area contributed by atoms with Crippen LogP contribution in [0.3, 0.4) is 0 Å². The van der Waals surface area contributed by atoms with Gasteiger partial charge in [0.25, 0.3) is 0 Å². The monoisotopic (exact) mass is 265 g/mol. The van der Waals surface area contributed by atoms with Crippen LogP contribution in [-0.4, -0.2) is 18.9 Å². The summed E-state index contributed by atoms with van der Waals surface area (Å²) >= 11 is 1.82. The smallest absolute Gasteiger partial charge is 0.132 e. The zero-order valence-corrected chi connectivity index (χ0v) is 11.9. The Hall–Kier alpha value is -0.670. The highest BCUT2D eigenvalue weighted by atomic mass is 32.2. The molecule has 1 saturated carbocycles. The fourth-order valence-electron chi connectivity index (χ4n) is 2.62. The van der Waals surface area contributed by atoms with Crippen LogP contribution in [0, 0.1) is 5.92 Å². The molecule has 1 aliphatic carbocycles. The molecule has 0 radical (unpaired) electrons. The maximum absolute atomic E-state index is 6.33. The second-order valence-corrected chi connectivity index (χ2v) is 6.09. The molecular formula is C15H23NOS. The van der Waals surface area contributed by atoms with Crippen molar-refractivity contribution in [1.82, 2.24) is 0 Å². The van der Waals surface area contributed by atoms with Gasteiger partial charge in [-0.1, -0.05) is 31.4 Å². The van der Waals surface area contributed by atoms with Gasteiger partial charge in [-0.05, 0) is 30.9 Å². The van der Waals surface area contributed by atoms with Gasteiger partial charge in [-0.25, -0.2) is 0 Å². The summed E-state index contributed by atoms with van der Waals surface area (Å²) in [7, 11) is 1.72. The highest BCUT2D eigenvalue weighted by Gasteiger charge is 2.20. The minimum absolute atomic E-state index is 0.320. The first kappa shape index (κ1) is 13.8. The minimum atomic E-state index is 0.320. The molecule has 100 valence electrons. The van der Waals surface area contributed by atoms with Gasteiger partial charge < -0.3 is 10.5 Å². The predicted octanol–water partition coefficient (Wildman–Crippen LogP) is 3.69. The third-order valence-corrected chi connectivity index (χ3v) is 4.96. The maximum Gasteiger partial charge on any atom is 0.132 e. The van der Waals surface area contributed by atoms with Crippen molar-refractivity contribution in [3.8, 4) is 5.75 Å². The van der Waals surface area contributed by atoms with E-state index in [1.165, 1.54) is 37.0 Å². The standard InChI is InChI=1S/C15H23NOS/c1-17-14-9-5-6-10-15(14)18-11-13(16)12-7-3-2-4-8-12/h5-6,9-10,12-13H,2-4,7-8,11,16H2,1H3. The molecule has 1 fully saturated rings. The molecule has 3 heteroatoms. The Morgan fingerprint density at radius 1 is 1.28 bits per heavy atom. The Balaban J connectivity index is 1.86. The van der Waals surface area contributed by atoms with Gasteiger partial charge >= 0.3 is 0 Å². The molecule has 2 nitrogen and oxygen atoms in total. The molecule has 1 aromatic carbocycles. The number of hydrogen-bond acceptors (Lipinski definition) is 3. The lowest BCUT2D eigenvalue weighted by Gasteiger charge is -2.27. The van der Waals surface area contributed by atoms with E-state index in [9.17, 15) is 0 Å². The molecule has 1 atom stereocenters. The van der Waals surface area contributed by atoms with Gasteiger partial charge in [0, 0.05) is 16.7 Å². The number of hydrogen-bond donors (Lipinski definition) is 1. The first-order valence-electron chi connectivity index (χ1n) is 6.82. The van der Waals surface area contributed by atoms with Crippen molar-refractivity contribution in [3.05, 3.63) is 24.3 Å². The number of methoxy groups -OCH3 is 1. The van der Waals surface area contributed by atoms with Crippen LogP contribution in [0.5, 0.6) is 5.75 Å². The van der Waals surface area contributed by atoms with Crippen LogP contribution in [-0.2, 0) is 0 Å². The average molecular weight is 265 g/mol. The van der Waals surface area contributed by atoms with Crippen molar-refractivity contribution < 1.29 is 4.74 Å². The highest BCUT2D eigenvalue weighted by Crippen LogP contribution is 2.32. The molecule has 1 aliphatic rings. The minimum Gasteiger partial charge on any atom is -0.496 e. The number of thioether (sulfide) groups is 1. The van der Waals surface area contributed by atoms with Crippen LogP contribution >= 0.6 is 11.8 Å². The molecule has 0 saturated heterocycles. The van der Waals surface area contributed by atoms with Gasteiger partial charge in [0.15, 0.2) is 0 Å². The Kier molecular flexibility index (Phi) is 5.39. The lowest BCUT2D eigenvalue weighted by atomic mass is 9.85. The second kappa shape index (κ2) is 7.05. The first-order chi connectivity index (χ1) is 8.81. The summed E-state index contributed by atoms with van der Waals surface area (Å²) in [4.78, 5) is 1.20. The van der Waals surface area contributed by atoms with E-state index in [1.54, 1.807) is 7.11 Å². The fourth-order valence-corrected chi connectivity index (χ4v) is 3.74. The maximum atomic E-state index is 6.33. The summed E-state index contributed by atoms with van der Waals surface area (Å²) < 4.78 is 5.36. The van der Waals surface area contributed by atoms with E-state index >= 15 is 0 Å². The number of benzene rings is 1. The summed E-state index contributed by atoms with van der Waals surface area (Å²) in [6.07, 6.45) is 6.74. The third kappa shape index (κ3) is 3.66. The van der Waals surface area contributed by atoms with Crippen LogP contribution in [0.2, 0.25) is 0 Å². The van der Waals surface area contributed by atoms with E-state index in [4.69, 9.17) is 10.5 Å². The third-order valence-electron chi connectivity index (χ3n) is 3.76. The Morgan fingerprint density at radius 3 is 2.72 bits per heavy atom. The highest BCUT2D eigenvalue weighted by molar-refractivity contribution is 7.99. The molecule has 0 heterocycles. The normalized spacial score (nSPS) is 18.6. The largest absolute Gasteiger partial charge is 0.496 e.